The predicted molar refractivity (Wildman–Crippen MR) is 98.8 cm³/mol. The van der Waals surface area contributed by atoms with Crippen LogP contribution >= 0.6 is 15.9 Å². The van der Waals surface area contributed by atoms with Crippen molar-refractivity contribution in [1.82, 2.24) is 0 Å². The average Bonchev–Trinajstić information content (AvgIpc) is 2.56. The molecule has 6 heteroatoms. The molecule has 0 saturated carbocycles. The molecule has 124 valence electrons. The Kier molecular flexibility index (Phi) is 6.72. The van der Waals surface area contributed by atoms with Crippen molar-refractivity contribution in [2.75, 3.05) is 24.4 Å². The number of carbonyl (C=O) groups is 2. The lowest BCUT2D eigenvalue weighted by molar-refractivity contribution is -0.119. The van der Waals surface area contributed by atoms with Gasteiger partial charge < -0.3 is 15.4 Å². The summed E-state index contributed by atoms with van der Waals surface area (Å²) in [6.45, 7) is -0.000655. The van der Waals surface area contributed by atoms with Gasteiger partial charge in [0.25, 0.3) is 0 Å². The van der Waals surface area contributed by atoms with Crippen LogP contribution in [0.1, 0.15) is 5.56 Å². The van der Waals surface area contributed by atoms with E-state index in [0.29, 0.717) is 11.4 Å². The number of halogens is 1. The van der Waals surface area contributed by atoms with Gasteiger partial charge in [-0.25, -0.2) is 0 Å². The zero-order chi connectivity index (χ0) is 17.4. The molecule has 0 aliphatic heterocycles. The lowest BCUT2D eigenvalue weighted by Gasteiger charge is -2.06. The monoisotopic (exact) mass is 388 g/mol. The minimum atomic E-state index is -0.230. The van der Waals surface area contributed by atoms with E-state index >= 15 is 0 Å². The first-order valence-corrected chi connectivity index (χ1v) is 7.99. The molecule has 0 aliphatic carbocycles. The van der Waals surface area contributed by atoms with Crippen molar-refractivity contribution < 1.29 is 14.3 Å². The second-order valence-corrected chi connectivity index (χ2v) is 5.85. The summed E-state index contributed by atoms with van der Waals surface area (Å²) in [6.07, 6.45) is 3.21. The van der Waals surface area contributed by atoms with E-state index in [1.54, 1.807) is 30.3 Å². The molecule has 0 unspecified atom stereocenters. The fourth-order valence-corrected chi connectivity index (χ4v) is 2.16. The predicted octanol–water partition coefficient (Wildman–Crippen LogP) is 3.69. The highest BCUT2D eigenvalue weighted by molar-refractivity contribution is 9.10. The topological polar surface area (TPSA) is 67.4 Å². The molecule has 0 fully saturated rings. The Labute approximate surface area is 148 Å². The minimum absolute atomic E-state index is 0.000655. The van der Waals surface area contributed by atoms with Crippen molar-refractivity contribution in [2.24, 2.45) is 0 Å². The molecule has 2 aromatic carbocycles. The molecule has 0 saturated heterocycles. The van der Waals surface area contributed by atoms with Gasteiger partial charge in [0.05, 0.1) is 0 Å². The van der Waals surface area contributed by atoms with Crippen molar-refractivity contribution in [3.05, 3.63) is 64.6 Å². The molecule has 0 heterocycles. The molecule has 0 spiro atoms. The molecule has 0 aliphatic rings. The number of anilines is 2. The SMILES string of the molecule is COCC(=O)Nc1ccc(NC(=O)/C=C/c2ccc(Br)cc2)cc1. The summed E-state index contributed by atoms with van der Waals surface area (Å²) in [5, 5.41) is 5.44. The Morgan fingerprint density at radius 1 is 1.00 bits per heavy atom. The van der Waals surface area contributed by atoms with Crippen LogP contribution in [0.2, 0.25) is 0 Å². The van der Waals surface area contributed by atoms with Crippen LogP contribution in [-0.2, 0) is 14.3 Å². The average molecular weight is 389 g/mol. The first-order chi connectivity index (χ1) is 11.6. The highest BCUT2D eigenvalue weighted by atomic mass is 79.9. The van der Waals surface area contributed by atoms with Gasteiger partial charge in [0.15, 0.2) is 0 Å². The fourth-order valence-electron chi connectivity index (χ4n) is 1.89. The van der Waals surface area contributed by atoms with E-state index in [4.69, 9.17) is 4.74 Å². The molecule has 2 amide bonds. The number of methoxy groups -OCH3 is 1. The van der Waals surface area contributed by atoms with Crippen molar-refractivity contribution in [3.63, 3.8) is 0 Å². The van der Waals surface area contributed by atoms with Crippen LogP contribution in [-0.4, -0.2) is 25.5 Å². The van der Waals surface area contributed by atoms with E-state index in [0.717, 1.165) is 10.0 Å². The Balaban J connectivity index is 1.89. The Bertz CT molecular complexity index is 725. The van der Waals surface area contributed by atoms with E-state index in [1.165, 1.54) is 13.2 Å². The summed E-state index contributed by atoms with van der Waals surface area (Å²) in [6, 6.07) is 14.5. The summed E-state index contributed by atoms with van der Waals surface area (Å²) >= 11 is 3.36. The molecule has 2 aromatic rings. The second-order valence-electron chi connectivity index (χ2n) is 4.93. The van der Waals surface area contributed by atoms with E-state index in [1.807, 2.05) is 24.3 Å². The number of amides is 2. The quantitative estimate of drug-likeness (QED) is 0.741. The number of carbonyl (C=O) groups excluding carboxylic acids is 2. The highest BCUT2D eigenvalue weighted by Gasteiger charge is 2.02. The molecule has 0 bridgehead atoms. The maximum Gasteiger partial charge on any atom is 0.250 e. The van der Waals surface area contributed by atoms with E-state index in [2.05, 4.69) is 26.6 Å². The number of ether oxygens (including phenoxy) is 1. The smallest absolute Gasteiger partial charge is 0.250 e. The third kappa shape index (κ3) is 5.98. The summed E-state index contributed by atoms with van der Waals surface area (Å²) in [5.41, 5.74) is 2.22. The summed E-state index contributed by atoms with van der Waals surface area (Å²) in [5.74, 6) is -0.458. The van der Waals surface area contributed by atoms with Crippen LogP contribution in [0.4, 0.5) is 11.4 Å². The van der Waals surface area contributed by atoms with Crippen LogP contribution in [0.3, 0.4) is 0 Å². The zero-order valence-corrected chi connectivity index (χ0v) is 14.7. The third-order valence-corrected chi connectivity index (χ3v) is 3.54. The number of hydrogen-bond acceptors (Lipinski definition) is 3. The molecule has 0 atom stereocenters. The number of rotatable bonds is 6. The standard InChI is InChI=1S/C18H17BrN2O3/c1-24-12-18(23)21-16-9-7-15(8-10-16)20-17(22)11-4-13-2-5-14(19)6-3-13/h2-11H,12H2,1H3,(H,20,22)(H,21,23)/b11-4+. The van der Waals surface area contributed by atoms with Crippen molar-refractivity contribution in [2.45, 2.75) is 0 Å². The Morgan fingerprint density at radius 3 is 2.17 bits per heavy atom. The first kappa shape index (κ1) is 17.9. The van der Waals surface area contributed by atoms with Crippen LogP contribution in [0.25, 0.3) is 6.08 Å². The summed E-state index contributed by atoms with van der Waals surface area (Å²) in [4.78, 5) is 23.3. The number of nitrogens with one attached hydrogen (secondary N) is 2. The summed E-state index contributed by atoms with van der Waals surface area (Å²) < 4.78 is 5.73. The summed E-state index contributed by atoms with van der Waals surface area (Å²) in [7, 11) is 1.46. The van der Waals surface area contributed by atoms with Gasteiger partial charge in [-0.3, -0.25) is 9.59 Å². The van der Waals surface area contributed by atoms with E-state index in [9.17, 15) is 9.59 Å². The van der Waals surface area contributed by atoms with Gasteiger partial charge in [-0.2, -0.15) is 0 Å². The Morgan fingerprint density at radius 2 is 1.58 bits per heavy atom. The van der Waals surface area contributed by atoms with Crippen LogP contribution < -0.4 is 10.6 Å². The first-order valence-electron chi connectivity index (χ1n) is 7.20. The largest absolute Gasteiger partial charge is 0.375 e. The van der Waals surface area contributed by atoms with Crippen LogP contribution in [0, 0.1) is 0 Å². The normalized spacial score (nSPS) is 10.6. The van der Waals surface area contributed by atoms with Crippen LogP contribution in [0.15, 0.2) is 59.1 Å². The molecule has 0 radical (unpaired) electrons. The molecule has 5 nitrogen and oxygen atoms in total. The molecule has 2 rings (SSSR count). The van der Waals surface area contributed by atoms with Gasteiger partial charge >= 0.3 is 0 Å². The molecular weight excluding hydrogens is 372 g/mol. The van der Waals surface area contributed by atoms with Gasteiger partial charge in [0.1, 0.15) is 6.61 Å². The molecular formula is C18H17BrN2O3. The van der Waals surface area contributed by atoms with E-state index < -0.39 is 0 Å². The fraction of sp³-hybridized carbons (Fsp3) is 0.111. The van der Waals surface area contributed by atoms with Gasteiger partial charge in [0.2, 0.25) is 11.8 Å². The lowest BCUT2D eigenvalue weighted by atomic mass is 10.2. The maximum atomic E-state index is 11.9. The Hall–Kier alpha value is -2.44. The molecule has 24 heavy (non-hydrogen) atoms. The minimum Gasteiger partial charge on any atom is -0.375 e. The van der Waals surface area contributed by atoms with Crippen molar-refractivity contribution in [3.8, 4) is 0 Å². The maximum absolute atomic E-state index is 11.9. The number of hydrogen-bond donors (Lipinski definition) is 2. The zero-order valence-electron chi connectivity index (χ0n) is 13.1. The van der Waals surface area contributed by atoms with Crippen molar-refractivity contribution >= 4 is 45.2 Å². The third-order valence-electron chi connectivity index (χ3n) is 3.01. The molecule has 0 aromatic heterocycles. The number of benzene rings is 2. The van der Waals surface area contributed by atoms with Crippen molar-refractivity contribution in [1.29, 1.82) is 0 Å². The van der Waals surface area contributed by atoms with Gasteiger partial charge in [-0.15, -0.1) is 0 Å². The van der Waals surface area contributed by atoms with Crippen LogP contribution in [0.5, 0.6) is 0 Å². The molecule has 2 N–H and O–H groups in total. The van der Waals surface area contributed by atoms with Gasteiger partial charge in [0, 0.05) is 29.0 Å². The second kappa shape index (κ2) is 9.00. The van der Waals surface area contributed by atoms with Gasteiger partial charge in [-0.1, -0.05) is 28.1 Å². The highest BCUT2D eigenvalue weighted by Crippen LogP contribution is 2.14. The lowest BCUT2D eigenvalue weighted by Crippen LogP contribution is -2.17. The van der Waals surface area contributed by atoms with E-state index in [-0.39, 0.29) is 18.4 Å². The van der Waals surface area contributed by atoms with Gasteiger partial charge in [-0.05, 0) is 48.0 Å².